The van der Waals surface area contributed by atoms with Crippen molar-refractivity contribution in [2.75, 3.05) is 92.5 Å². The Morgan fingerprint density at radius 2 is 0.913 bits per heavy atom. The number of anilines is 3. The number of nitrogens with zero attached hydrogens (tertiary/aromatic N) is 6. The Labute approximate surface area is 661 Å². The van der Waals surface area contributed by atoms with E-state index in [1.54, 1.807) is 93.7 Å². The number of carboxylic acid groups (broad SMARTS) is 3. The molecule has 5 aromatic heterocycles. The number of aromatic nitrogens is 5. The smallest absolute Gasteiger partial charge is 0.322 e. The number of methoxy groups -OCH3 is 8. The number of halogens is 1. The number of amides is 3. The standard InChI is InChI=1S/2C29H30N4O6.C27H25FN4O5/c1-17-20(9-19-10-24(37-2)29(25(11-19)38-3)33-16-28(35)36)23-15-32-27(39-4)13-22(23)21(17)12-26(34)31-14-18-5-7-30-8-6-18;1-17-21(13-26(34)31-14-19-7-5-6-8-30-19)23-12-20(37-2)15-32-28(23)22(17)9-18-10-24(38-3)29(25(11-18)39-4)33-16-27(35)36;1-36-21-11-17(12-22(37-2)27(21)30-15-25(34)35)10-19-18-8-9-23(28)32-26(18)20(31-19)13-24(33)29-14-16-6-4-3-5-7-16/h5-11,13,15,33H,12,14,16H2,1-4H3,(H,31,34)(H,35,36);5-12,15,33H,13-14,16H2,1-4H3,(H,31,34)(H,35,36);3-12,30H,13-15H2,1-2H3,(H,29,33)(H,34,35)/b20-9-;22-9-;19-10+. The van der Waals surface area contributed by atoms with Gasteiger partial charge in [-0.25, -0.2) is 15.0 Å². The predicted octanol–water partition coefficient (Wildman–Crippen LogP) is 11.8. The third-order valence-electron chi connectivity index (χ3n) is 18.3. The summed E-state index contributed by atoms with van der Waals surface area (Å²) < 4.78 is 57.7. The van der Waals surface area contributed by atoms with Crippen molar-refractivity contribution in [1.29, 1.82) is 0 Å². The van der Waals surface area contributed by atoms with Crippen molar-refractivity contribution in [3.63, 3.8) is 0 Å². The molecule has 29 nitrogen and oxygen atoms in total. The van der Waals surface area contributed by atoms with Crippen LogP contribution < -0.4 is 69.8 Å². The summed E-state index contributed by atoms with van der Waals surface area (Å²) in [4.78, 5) is 97.6. The molecule has 0 radical (unpaired) electrons. The molecule has 6 heterocycles. The highest BCUT2D eigenvalue weighted by molar-refractivity contribution is 6.18. The minimum atomic E-state index is -1.03. The molecule has 115 heavy (non-hydrogen) atoms. The second-order valence-corrected chi connectivity index (χ2v) is 25.7. The van der Waals surface area contributed by atoms with Gasteiger partial charge in [-0.05, 0) is 172 Å². The number of pyridine rings is 5. The first-order valence-corrected chi connectivity index (χ1v) is 35.7. The Morgan fingerprint density at radius 3 is 1.41 bits per heavy atom. The van der Waals surface area contributed by atoms with Crippen LogP contribution in [-0.4, -0.2) is 158 Å². The summed E-state index contributed by atoms with van der Waals surface area (Å²) in [6, 6.07) is 35.8. The molecule has 4 aromatic carbocycles. The van der Waals surface area contributed by atoms with Gasteiger partial charge in [0.05, 0.1) is 117 Å². The van der Waals surface area contributed by atoms with Gasteiger partial charge in [-0.1, -0.05) is 36.4 Å². The van der Waals surface area contributed by atoms with Gasteiger partial charge < -0.3 is 85.1 Å². The number of carboxylic acids is 3. The van der Waals surface area contributed by atoms with Crippen LogP contribution in [0.2, 0.25) is 0 Å². The molecule has 2 aliphatic carbocycles. The van der Waals surface area contributed by atoms with E-state index in [2.05, 4.69) is 61.8 Å². The summed E-state index contributed by atoms with van der Waals surface area (Å²) >= 11 is 0. The second-order valence-electron chi connectivity index (χ2n) is 25.7. The number of rotatable bonds is 32. The van der Waals surface area contributed by atoms with Gasteiger partial charge in [0.2, 0.25) is 29.5 Å². The molecule has 9 N–H and O–H groups in total. The fraction of sp³-hybridized carbons (Fsp3) is 0.224. The Kier molecular flexibility index (Phi) is 28.5. The molecular weight excluding hydrogens is 1480 g/mol. The number of nitrogens with one attached hydrogen (secondary N) is 6. The van der Waals surface area contributed by atoms with E-state index in [1.165, 1.54) is 48.7 Å². The zero-order chi connectivity index (χ0) is 82.2. The van der Waals surface area contributed by atoms with Crippen molar-refractivity contribution in [2.45, 2.75) is 52.7 Å². The summed E-state index contributed by atoms with van der Waals surface area (Å²) in [7, 11) is 12.1. The highest BCUT2D eigenvalue weighted by Gasteiger charge is 2.31. The van der Waals surface area contributed by atoms with Crippen LogP contribution in [0.5, 0.6) is 46.1 Å². The fourth-order valence-electron chi connectivity index (χ4n) is 12.7. The molecule has 3 aliphatic rings. The van der Waals surface area contributed by atoms with Gasteiger partial charge in [0.25, 0.3) is 0 Å². The Balaban J connectivity index is 0.000000182. The number of hydrogen-bond acceptors (Lipinski definition) is 23. The fourth-order valence-corrected chi connectivity index (χ4v) is 12.7. The zero-order valence-corrected chi connectivity index (χ0v) is 64.6. The van der Waals surface area contributed by atoms with Crippen LogP contribution in [0.25, 0.3) is 46.2 Å². The van der Waals surface area contributed by atoms with Gasteiger partial charge >= 0.3 is 17.9 Å². The van der Waals surface area contributed by atoms with Crippen molar-refractivity contribution in [2.24, 2.45) is 4.99 Å². The largest absolute Gasteiger partial charge is 0.495 e. The number of carbonyl (C=O) groups is 6. The summed E-state index contributed by atoms with van der Waals surface area (Å²) in [6.07, 6.45) is 14.4. The van der Waals surface area contributed by atoms with Gasteiger partial charge in [-0.15, -0.1) is 0 Å². The van der Waals surface area contributed by atoms with E-state index >= 15 is 0 Å². The van der Waals surface area contributed by atoms with Crippen molar-refractivity contribution in [1.82, 2.24) is 40.9 Å². The van der Waals surface area contributed by atoms with E-state index in [1.807, 2.05) is 98.8 Å². The molecule has 0 saturated carbocycles. The van der Waals surface area contributed by atoms with E-state index in [4.69, 9.17) is 53.2 Å². The first kappa shape index (κ1) is 83.0. The van der Waals surface area contributed by atoms with Gasteiger partial charge in [0.1, 0.15) is 76.9 Å². The maximum absolute atomic E-state index is 14.0. The molecule has 3 amide bonds. The molecule has 30 heteroatoms. The Hall–Kier alpha value is -14.5. The number of ether oxygens (including phenoxy) is 8. The molecule has 9 aromatic rings. The van der Waals surface area contributed by atoms with Crippen LogP contribution in [-0.2, 0) is 48.4 Å². The van der Waals surface area contributed by atoms with Gasteiger partial charge in [0, 0.05) is 66.2 Å². The highest BCUT2D eigenvalue weighted by Crippen LogP contribution is 2.48. The number of aliphatic imine (C=N–C) groups is 1. The maximum Gasteiger partial charge on any atom is 0.322 e. The molecule has 12 rings (SSSR count). The van der Waals surface area contributed by atoms with Crippen LogP contribution in [0.3, 0.4) is 0 Å². The number of benzene rings is 4. The molecule has 0 bridgehead atoms. The molecule has 0 atom stereocenters. The summed E-state index contributed by atoms with van der Waals surface area (Å²) in [5, 5.41) is 44.4. The minimum Gasteiger partial charge on any atom is -0.495 e. The number of hydrogen-bond donors (Lipinski definition) is 9. The van der Waals surface area contributed by atoms with Crippen LogP contribution in [0.15, 0.2) is 168 Å². The van der Waals surface area contributed by atoms with Gasteiger partial charge in [-0.2, -0.15) is 4.39 Å². The normalized spacial score (nSPS) is 13.1. The van der Waals surface area contributed by atoms with Crippen molar-refractivity contribution in [3.05, 3.63) is 237 Å². The maximum atomic E-state index is 14.0. The van der Waals surface area contributed by atoms with E-state index in [0.717, 1.165) is 83.8 Å². The molecule has 0 saturated heterocycles. The lowest BCUT2D eigenvalue weighted by molar-refractivity contribution is -0.135. The number of carbonyl (C=O) groups excluding carboxylic acids is 3. The summed E-state index contributed by atoms with van der Waals surface area (Å²) in [5.74, 6) is -0.722. The molecular formula is C85H85FN12O17. The van der Waals surface area contributed by atoms with E-state index < -0.39 is 23.9 Å². The van der Waals surface area contributed by atoms with E-state index in [9.17, 15) is 33.2 Å². The lowest BCUT2D eigenvalue weighted by Gasteiger charge is -2.15. The quantitative estimate of drug-likeness (QED) is 0.0177. The van der Waals surface area contributed by atoms with Crippen molar-refractivity contribution >= 4 is 105 Å². The van der Waals surface area contributed by atoms with Crippen LogP contribution >= 0.6 is 0 Å². The Morgan fingerprint density at radius 1 is 0.435 bits per heavy atom. The average molecular weight is 1570 g/mol. The van der Waals surface area contributed by atoms with E-state index in [-0.39, 0.29) is 56.6 Å². The summed E-state index contributed by atoms with van der Waals surface area (Å²) in [6.45, 7) is 4.13. The van der Waals surface area contributed by atoms with Crippen molar-refractivity contribution in [3.8, 4) is 46.1 Å². The summed E-state index contributed by atoms with van der Waals surface area (Å²) in [5.41, 5.74) is 16.5. The highest BCUT2D eigenvalue weighted by atomic mass is 19.1. The average Bonchev–Trinajstić information content (AvgIpc) is 1.64. The number of allylic oxidation sites excluding steroid dienone is 4. The minimum absolute atomic E-state index is 0.0711. The van der Waals surface area contributed by atoms with Gasteiger partial charge in [0.15, 0.2) is 0 Å². The molecule has 0 fully saturated rings. The first-order chi connectivity index (χ1) is 55.5. The molecule has 594 valence electrons. The molecule has 0 spiro atoms. The lowest BCUT2D eigenvalue weighted by Crippen LogP contribution is -2.25. The number of aliphatic carboxylic acids is 3. The third-order valence-corrected chi connectivity index (χ3v) is 18.3. The topological polar surface area (TPSA) is 386 Å². The van der Waals surface area contributed by atoms with E-state index in [0.29, 0.717) is 111 Å². The number of fused-ring (bicyclic) bond motifs is 3. The molecule has 0 unspecified atom stereocenters. The Bertz CT molecular complexity index is 5030. The predicted molar refractivity (Wildman–Crippen MR) is 432 cm³/mol. The van der Waals surface area contributed by atoms with Crippen LogP contribution in [0.1, 0.15) is 100 Å². The first-order valence-electron chi connectivity index (χ1n) is 35.7. The van der Waals surface area contributed by atoms with Gasteiger partial charge in [-0.3, -0.25) is 43.7 Å². The lowest BCUT2D eigenvalue weighted by atomic mass is 10.0. The SMILES string of the molecule is COc1cc(/C=C2/N=C(CC(=O)NCc3ccccc3)c3nc(F)ccc32)cc(OC)c1NCC(=O)O.COc1cc2c(cn1)/C(=C\c1cc(OC)c(NCC(=O)O)c(OC)c1)C(C)=C2CC(=O)NCc1ccncc1.COc1cnc2c(c1)C(CC(=O)NCc1ccccn1)=C(C)/C2=C/c1cc(OC)c(NCC(=O)O)c(OC)c1. The zero-order valence-electron chi connectivity index (χ0n) is 64.6. The third kappa shape index (κ3) is 21.4. The van der Waals surface area contributed by atoms with Crippen LogP contribution in [0, 0.1) is 5.95 Å². The van der Waals surface area contributed by atoms with Crippen LogP contribution in [0.4, 0.5) is 21.5 Å². The molecule has 1 aliphatic heterocycles. The second kappa shape index (κ2) is 39.5. The van der Waals surface area contributed by atoms with Crippen molar-refractivity contribution < 1.29 is 86.4 Å². The monoisotopic (exact) mass is 1560 g/mol.